The molecular formula is C19H25N5O. The molecule has 0 amide bonds. The number of aryl methyl sites for hydroxylation is 1. The average molecular weight is 339 g/mol. The van der Waals surface area contributed by atoms with Gasteiger partial charge in [0.15, 0.2) is 0 Å². The monoisotopic (exact) mass is 339 g/mol. The van der Waals surface area contributed by atoms with Crippen LogP contribution in [0.5, 0.6) is 0 Å². The van der Waals surface area contributed by atoms with Crippen molar-refractivity contribution in [2.24, 2.45) is 0 Å². The van der Waals surface area contributed by atoms with Gasteiger partial charge in [0.2, 0.25) is 0 Å². The van der Waals surface area contributed by atoms with Crippen molar-refractivity contribution in [3.63, 3.8) is 0 Å². The second-order valence-electron chi connectivity index (χ2n) is 7.76. The molecule has 5 rings (SSSR count). The smallest absolute Gasteiger partial charge is 0.266 e. The zero-order valence-corrected chi connectivity index (χ0v) is 14.6. The second kappa shape index (κ2) is 6.09. The molecule has 0 aromatic carbocycles. The van der Waals surface area contributed by atoms with E-state index in [-0.39, 0.29) is 5.56 Å². The Morgan fingerprint density at radius 1 is 1.12 bits per heavy atom. The second-order valence-corrected chi connectivity index (χ2v) is 7.76. The molecule has 2 aromatic rings. The van der Waals surface area contributed by atoms with E-state index in [4.69, 9.17) is 0 Å². The topological polar surface area (TPSA) is 56.0 Å². The van der Waals surface area contributed by atoms with Crippen LogP contribution in [-0.4, -0.2) is 37.0 Å². The maximum atomic E-state index is 12.2. The number of hydrogen-bond acceptors (Lipinski definition) is 4. The summed E-state index contributed by atoms with van der Waals surface area (Å²) in [5.74, 6) is 0.585. The Morgan fingerprint density at radius 3 is 2.92 bits per heavy atom. The normalized spacial score (nSPS) is 23.3. The van der Waals surface area contributed by atoms with Crippen LogP contribution in [0.25, 0.3) is 0 Å². The van der Waals surface area contributed by atoms with E-state index >= 15 is 0 Å². The first-order valence-electron chi connectivity index (χ1n) is 9.63. The predicted octanol–water partition coefficient (Wildman–Crippen LogP) is 1.93. The number of fused-ring (bicyclic) bond motifs is 1. The molecule has 1 unspecified atom stereocenters. The van der Waals surface area contributed by atoms with Gasteiger partial charge in [-0.15, -0.1) is 0 Å². The van der Waals surface area contributed by atoms with Crippen LogP contribution in [0.1, 0.15) is 55.0 Å². The predicted molar refractivity (Wildman–Crippen MR) is 94.5 cm³/mol. The molecule has 2 fully saturated rings. The molecule has 3 aliphatic rings. The van der Waals surface area contributed by atoms with Gasteiger partial charge in [0.1, 0.15) is 0 Å². The fraction of sp³-hybridized carbons (Fsp3) is 0.632. The van der Waals surface area contributed by atoms with Gasteiger partial charge in [0.25, 0.3) is 5.56 Å². The summed E-state index contributed by atoms with van der Waals surface area (Å²) in [5.41, 5.74) is 3.91. The van der Waals surface area contributed by atoms with Crippen molar-refractivity contribution < 1.29 is 0 Å². The van der Waals surface area contributed by atoms with Gasteiger partial charge >= 0.3 is 0 Å². The van der Waals surface area contributed by atoms with Crippen LogP contribution >= 0.6 is 0 Å². The highest BCUT2D eigenvalue weighted by Crippen LogP contribution is 2.38. The fourth-order valence-electron chi connectivity index (χ4n) is 4.38. The first-order valence-corrected chi connectivity index (χ1v) is 9.63. The first-order chi connectivity index (χ1) is 12.3. The molecule has 0 bridgehead atoms. The lowest BCUT2D eigenvalue weighted by Gasteiger charge is -2.24. The van der Waals surface area contributed by atoms with E-state index < -0.39 is 0 Å². The average Bonchev–Trinajstić information content (AvgIpc) is 3.01. The largest absolute Gasteiger partial charge is 0.294 e. The van der Waals surface area contributed by atoms with Gasteiger partial charge in [-0.25, -0.2) is 4.68 Å². The molecule has 2 aromatic heterocycles. The highest BCUT2D eigenvalue weighted by atomic mass is 16.1. The van der Waals surface area contributed by atoms with Crippen molar-refractivity contribution in [1.82, 2.24) is 24.5 Å². The van der Waals surface area contributed by atoms with Crippen molar-refractivity contribution in [3.8, 4) is 0 Å². The van der Waals surface area contributed by atoms with Crippen LogP contribution in [0.15, 0.2) is 23.1 Å². The van der Waals surface area contributed by atoms with Gasteiger partial charge in [0, 0.05) is 42.4 Å². The maximum absolute atomic E-state index is 12.2. The molecule has 25 heavy (non-hydrogen) atoms. The molecule has 0 radical (unpaired) electrons. The summed E-state index contributed by atoms with van der Waals surface area (Å²) in [5, 5.41) is 9.17. The van der Waals surface area contributed by atoms with Crippen molar-refractivity contribution in [1.29, 1.82) is 0 Å². The number of aromatic nitrogens is 4. The molecule has 6 heteroatoms. The van der Waals surface area contributed by atoms with Crippen molar-refractivity contribution >= 4 is 0 Å². The third-order valence-electron chi connectivity index (χ3n) is 5.96. The van der Waals surface area contributed by atoms with E-state index in [2.05, 4.69) is 19.8 Å². The molecular weight excluding hydrogens is 314 g/mol. The SMILES string of the molecule is O=c1ccc(C2CC2)nn1CC1CCCN1Cc1cnn2c1CCC2. The standard InChI is InChI=1S/C19H25N5O/c25-19-8-7-17(14-5-6-14)21-24(19)13-16-3-1-9-22(16)12-15-11-20-23-10-2-4-18(15)23/h7-8,11,14,16H,1-6,9-10,12-13H2. The third-order valence-corrected chi connectivity index (χ3v) is 5.96. The van der Waals surface area contributed by atoms with Crippen LogP contribution in [0.2, 0.25) is 0 Å². The molecule has 1 saturated carbocycles. The fourth-order valence-corrected chi connectivity index (χ4v) is 4.38. The molecule has 1 aliphatic carbocycles. The zero-order valence-electron chi connectivity index (χ0n) is 14.6. The minimum atomic E-state index is 0.0303. The lowest BCUT2D eigenvalue weighted by Crippen LogP contribution is -2.37. The number of nitrogens with zero attached hydrogens (tertiary/aromatic N) is 5. The van der Waals surface area contributed by atoms with E-state index in [1.165, 1.54) is 36.9 Å². The Bertz CT molecular complexity index is 835. The van der Waals surface area contributed by atoms with E-state index in [0.717, 1.165) is 38.2 Å². The molecule has 1 atom stereocenters. The van der Waals surface area contributed by atoms with Crippen molar-refractivity contribution in [3.05, 3.63) is 45.6 Å². The lowest BCUT2D eigenvalue weighted by molar-refractivity contribution is 0.216. The summed E-state index contributed by atoms with van der Waals surface area (Å²) < 4.78 is 3.87. The number of rotatable bonds is 5. The van der Waals surface area contributed by atoms with Gasteiger partial charge in [-0.3, -0.25) is 14.4 Å². The van der Waals surface area contributed by atoms with E-state index in [1.54, 1.807) is 10.7 Å². The summed E-state index contributed by atoms with van der Waals surface area (Å²) in [7, 11) is 0. The van der Waals surface area contributed by atoms with Gasteiger partial charge in [0.05, 0.1) is 18.4 Å². The van der Waals surface area contributed by atoms with Crippen LogP contribution in [0, 0.1) is 0 Å². The summed E-state index contributed by atoms with van der Waals surface area (Å²) in [6, 6.07) is 4.01. The highest BCUT2D eigenvalue weighted by molar-refractivity contribution is 5.20. The number of hydrogen-bond donors (Lipinski definition) is 0. The lowest BCUT2D eigenvalue weighted by atomic mass is 10.1. The van der Waals surface area contributed by atoms with Crippen molar-refractivity contribution in [2.45, 2.75) is 70.1 Å². The molecule has 132 valence electrons. The minimum Gasteiger partial charge on any atom is -0.294 e. The van der Waals surface area contributed by atoms with Gasteiger partial charge in [-0.05, 0) is 51.1 Å². The van der Waals surface area contributed by atoms with Crippen LogP contribution in [0.4, 0.5) is 0 Å². The van der Waals surface area contributed by atoms with Crippen LogP contribution in [-0.2, 0) is 26.1 Å². The summed E-state index contributed by atoms with van der Waals surface area (Å²) in [6.07, 6.45) is 9.19. The van der Waals surface area contributed by atoms with E-state index in [1.807, 2.05) is 12.3 Å². The Hall–Kier alpha value is -1.95. The first kappa shape index (κ1) is 15.3. The molecule has 4 heterocycles. The van der Waals surface area contributed by atoms with Gasteiger partial charge < -0.3 is 0 Å². The molecule has 0 spiro atoms. The Morgan fingerprint density at radius 2 is 2.04 bits per heavy atom. The Kier molecular flexibility index (Phi) is 3.73. The van der Waals surface area contributed by atoms with E-state index in [9.17, 15) is 4.79 Å². The molecule has 6 nitrogen and oxygen atoms in total. The molecule has 0 N–H and O–H groups in total. The minimum absolute atomic E-state index is 0.0303. The Balaban J connectivity index is 1.33. The van der Waals surface area contributed by atoms with Crippen molar-refractivity contribution in [2.75, 3.05) is 6.54 Å². The van der Waals surface area contributed by atoms with Gasteiger partial charge in [-0.2, -0.15) is 10.2 Å². The summed E-state index contributed by atoms with van der Waals surface area (Å²) in [6.45, 7) is 3.83. The van der Waals surface area contributed by atoms with Gasteiger partial charge in [-0.1, -0.05) is 0 Å². The summed E-state index contributed by atoms with van der Waals surface area (Å²) >= 11 is 0. The summed E-state index contributed by atoms with van der Waals surface area (Å²) in [4.78, 5) is 14.8. The quantitative estimate of drug-likeness (QED) is 0.835. The Labute approximate surface area is 147 Å². The molecule has 2 aliphatic heterocycles. The van der Waals surface area contributed by atoms with E-state index in [0.29, 0.717) is 18.5 Å². The third kappa shape index (κ3) is 2.92. The maximum Gasteiger partial charge on any atom is 0.266 e. The zero-order chi connectivity index (χ0) is 16.8. The van der Waals surface area contributed by atoms with Crippen LogP contribution < -0.4 is 5.56 Å². The number of likely N-dealkylation sites (tertiary alicyclic amines) is 1. The highest BCUT2D eigenvalue weighted by Gasteiger charge is 2.29. The van der Waals surface area contributed by atoms with Crippen LogP contribution in [0.3, 0.4) is 0 Å². The molecule has 1 saturated heterocycles.